The summed E-state index contributed by atoms with van der Waals surface area (Å²) in [6, 6.07) is 0. The molecule has 7 unspecified atom stereocenters. The van der Waals surface area contributed by atoms with Crippen LogP contribution in [0, 0.1) is 79.3 Å². The minimum absolute atomic E-state index is 0.624. The van der Waals surface area contributed by atoms with E-state index < -0.39 is 0 Å². The van der Waals surface area contributed by atoms with Crippen molar-refractivity contribution in [1.82, 2.24) is 0 Å². The zero-order chi connectivity index (χ0) is 55.8. The third kappa shape index (κ3) is 26.5. The van der Waals surface area contributed by atoms with Crippen molar-refractivity contribution in [3.05, 3.63) is 0 Å². The Morgan fingerprint density at radius 1 is 0.237 bits per heavy atom. The summed E-state index contributed by atoms with van der Waals surface area (Å²) in [7, 11) is 0. The second-order valence-corrected chi connectivity index (χ2v) is 34.5. The Morgan fingerprint density at radius 2 is 0.434 bits per heavy atom. The lowest BCUT2D eigenvalue weighted by molar-refractivity contribution is 0.0145. The maximum atomic E-state index is 2.62. The summed E-state index contributed by atoms with van der Waals surface area (Å²) in [5, 5.41) is 0. The zero-order valence-electron chi connectivity index (χ0n) is 55.8. The van der Waals surface area contributed by atoms with Gasteiger partial charge < -0.3 is 0 Å². The van der Waals surface area contributed by atoms with Crippen LogP contribution in [0.2, 0.25) is 0 Å². The van der Waals surface area contributed by atoms with Gasteiger partial charge in [0.1, 0.15) is 0 Å². The SMILES string of the molecule is CC(C)C1(C)CC2CC1C1C3CCC(C3)C21.CC1(C)CCCC1.CC1(C)CCCCC1.CC1(C)CCCCCC1.CC1(C)CCCCCCC1.CC1(C)CCCCCCCCC1.CC1(C)CCCCCCCCCCC1. The molecule has 0 aromatic carbocycles. The van der Waals surface area contributed by atoms with Crippen LogP contribution in [-0.2, 0) is 0 Å². The number of rotatable bonds is 1. The van der Waals surface area contributed by atoms with E-state index in [4.69, 9.17) is 0 Å². The van der Waals surface area contributed by atoms with Crippen molar-refractivity contribution in [3.63, 3.8) is 0 Å². The van der Waals surface area contributed by atoms with E-state index in [-0.39, 0.29) is 0 Å². The molecule has 10 fully saturated rings. The van der Waals surface area contributed by atoms with Crippen molar-refractivity contribution in [2.45, 2.75) is 406 Å². The fourth-order valence-electron chi connectivity index (χ4n) is 17.8. The highest BCUT2D eigenvalue weighted by atomic mass is 14.7. The molecule has 0 aromatic heterocycles. The molecule has 0 saturated heterocycles. The van der Waals surface area contributed by atoms with Crippen LogP contribution in [0.5, 0.6) is 0 Å². The lowest BCUT2D eigenvalue weighted by atomic mass is 9.58. The first kappa shape index (κ1) is 68.5. The lowest BCUT2D eigenvalue weighted by Gasteiger charge is -2.47. The molecule has 4 bridgehead atoms. The summed E-state index contributed by atoms with van der Waals surface area (Å²) < 4.78 is 0. The summed E-state index contributed by atoms with van der Waals surface area (Å²) in [6.07, 6.45) is 69.6. The average molecular weight is 1060 g/mol. The van der Waals surface area contributed by atoms with Crippen LogP contribution >= 0.6 is 0 Å². The maximum Gasteiger partial charge on any atom is -0.0269 e. The third-order valence-electron chi connectivity index (χ3n) is 23.7. The van der Waals surface area contributed by atoms with Gasteiger partial charge in [-0.2, -0.15) is 0 Å². The molecule has 10 rings (SSSR count). The highest BCUT2D eigenvalue weighted by Gasteiger charge is 2.65. The molecule has 0 aromatic rings. The molecule has 0 spiro atoms. The van der Waals surface area contributed by atoms with E-state index in [0.717, 1.165) is 23.7 Å². The van der Waals surface area contributed by atoms with E-state index in [9.17, 15) is 0 Å². The standard InChI is InChI=1S/C16H26.C14H28.C12H24.C10H20.C9H18.C8H16.C7H14/c1-9(2)16(3)8-12-7-13(16)15-11-5-4-10(6-11)14(12)15;1-14(2)12-10-8-6-4-3-5-7-9-11-13-14;1-12(2)10-8-6-4-3-5-7-9-11-12;1-10(2)8-6-4-3-5-7-9-10;1-9(2)7-5-3-4-6-8-9;1-8(2)6-4-3-5-7-8;1-7(2)5-3-4-6-7/h9-15H,4-8H2,1-3H3;3-13H2,1-2H3;3-11H2,1-2H3;3-9H2,1-2H3;3-8H2,1-2H3;3-7H2,1-2H3;3-6H2,1-2H3. The number of hydrogen-bond donors (Lipinski definition) is 0. The fourth-order valence-corrected chi connectivity index (χ4v) is 17.8. The quantitative estimate of drug-likeness (QED) is 0.181. The van der Waals surface area contributed by atoms with Crippen molar-refractivity contribution in [2.75, 3.05) is 0 Å². The second kappa shape index (κ2) is 33.9. The highest BCUT2D eigenvalue weighted by Crippen LogP contribution is 2.73. The van der Waals surface area contributed by atoms with E-state index in [1.54, 1.807) is 32.1 Å². The highest BCUT2D eigenvalue weighted by molar-refractivity contribution is 5.14. The molecule has 10 aliphatic rings. The van der Waals surface area contributed by atoms with Gasteiger partial charge in [-0.3, -0.25) is 0 Å². The monoisotopic (exact) mass is 1060 g/mol. The number of fused-ring (bicyclic) bond motifs is 9. The van der Waals surface area contributed by atoms with E-state index in [1.807, 2.05) is 0 Å². The van der Waals surface area contributed by atoms with Gasteiger partial charge in [-0.25, -0.2) is 0 Å². The largest absolute Gasteiger partial charge is 0.0622 e. The van der Waals surface area contributed by atoms with Crippen molar-refractivity contribution in [1.29, 1.82) is 0 Å². The topological polar surface area (TPSA) is 0 Å². The number of hydrogen-bond acceptors (Lipinski definition) is 0. The van der Waals surface area contributed by atoms with Crippen LogP contribution in [0.25, 0.3) is 0 Å². The molecule has 0 radical (unpaired) electrons. The summed E-state index contributed by atoms with van der Waals surface area (Å²) in [5.74, 6) is 7.84. The Balaban J connectivity index is 0.000000195. The van der Waals surface area contributed by atoms with Crippen molar-refractivity contribution < 1.29 is 0 Å². The van der Waals surface area contributed by atoms with E-state index >= 15 is 0 Å². The van der Waals surface area contributed by atoms with Crippen LogP contribution in [0.4, 0.5) is 0 Å². The Labute approximate surface area is 482 Å². The van der Waals surface area contributed by atoms with E-state index in [2.05, 4.69) is 104 Å². The van der Waals surface area contributed by atoms with Gasteiger partial charge in [0.05, 0.1) is 0 Å². The summed E-state index contributed by atoms with van der Waals surface area (Å²) in [4.78, 5) is 0. The van der Waals surface area contributed by atoms with Gasteiger partial charge in [-0.1, -0.05) is 296 Å². The zero-order valence-corrected chi connectivity index (χ0v) is 55.8. The first-order chi connectivity index (χ1) is 35.9. The normalized spacial score (nSPS) is 34.4. The molecule has 450 valence electrons. The molecule has 7 atom stereocenters. The predicted molar refractivity (Wildman–Crippen MR) is 344 cm³/mol. The van der Waals surface area contributed by atoms with Gasteiger partial charge in [0.15, 0.2) is 0 Å². The van der Waals surface area contributed by atoms with Crippen LogP contribution in [0.1, 0.15) is 406 Å². The van der Waals surface area contributed by atoms with Gasteiger partial charge in [-0.05, 0) is 188 Å². The molecule has 0 amide bonds. The maximum absolute atomic E-state index is 2.62. The van der Waals surface area contributed by atoms with Crippen molar-refractivity contribution in [2.24, 2.45) is 79.3 Å². The molecule has 0 heteroatoms. The Bertz CT molecular complexity index is 1400. The van der Waals surface area contributed by atoms with Gasteiger partial charge in [0.2, 0.25) is 0 Å². The van der Waals surface area contributed by atoms with Gasteiger partial charge >= 0.3 is 0 Å². The Morgan fingerprint density at radius 3 is 0.658 bits per heavy atom. The summed E-state index contributed by atoms with van der Waals surface area (Å²) in [6.45, 7) is 36.5. The molecule has 0 nitrogen and oxygen atoms in total. The van der Waals surface area contributed by atoms with E-state index in [0.29, 0.717) is 37.9 Å². The Kier molecular flexibility index (Phi) is 30.6. The Hall–Kier alpha value is 0. The molecule has 10 aliphatic carbocycles. The predicted octanol–water partition coefficient (Wildman–Crippen LogP) is 26.9. The molecule has 0 aliphatic heterocycles. The minimum atomic E-state index is 0.624. The first-order valence-electron chi connectivity index (χ1n) is 35.9. The molecule has 10 saturated carbocycles. The van der Waals surface area contributed by atoms with Crippen molar-refractivity contribution in [3.8, 4) is 0 Å². The molecular formula is C76H146. The smallest absolute Gasteiger partial charge is 0.0269 e. The molecule has 0 heterocycles. The van der Waals surface area contributed by atoms with Crippen molar-refractivity contribution >= 4 is 0 Å². The fraction of sp³-hybridized carbons (Fsp3) is 1.00. The van der Waals surface area contributed by atoms with Gasteiger partial charge in [0.25, 0.3) is 0 Å². The van der Waals surface area contributed by atoms with Gasteiger partial charge in [-0.15, -0.1) is 0 Å². The second-order valence-electron chi connectivity index (χ2n) is 34.5. The average Bonchev–Trinajstić information content (AvgIpc) is 4.18. The summed E-state index contributed by atoms with van der Waals surface area (Å²) >= 11 is 0. The van der Waals surface area contributed by atoms with Crippen LogP contribution in [0.3, 0.4) is 0 Å². The molecule has 0 N–H and O–H groups in total. The van der Waals surface area contributed by atoms with Crippen LogP contribution in [0.15, 0.2) is 0 Å². The van der Waals surface area contributed by atoms with E-state index in [1.165, 1.54) is 287 Å². The van der Waals surface area contributed by atoms with Crippen LogP contribution in [-0.4, -0.2) is 0 Å². The lowest BCUT2D eigenvalue weighted by Crippen LogP contribution is -2.41. The minimum Gasteiger partial charge on any atom is -0.0622 e. The summed E-state index contributed by atoms with van der Waals surface area (Å²) in [5.41, 5.74) is 4.65. The first-order valence-corrected chi connectivity index (χ1v) is 35.9. The van der Waals surface area contributed by atoms with Crippen LogP contribution < -0.4 is 0 Å². The molecular weight excluding hydrogens is 913 g/mol. The molecule has 76 heavy (non-hydrogen) atoms. The third-order valence-corrected chi connectivity index (χ3v) is 23.7. The van der Waals surface area contributed by atoms with Gasteiger partial charge in [0, 0.05) is 0 Å².